The Bertz CT molecular complexity index is 313. The molecule has 0 aromatic heterocycles. The van der Waals surface area contributed by atoms with Crippen LogP contribution in [0.1, 0.15) is 0 Å². The third kappa shape index (κ3) is 5.93. The number of fused-ring (bicyclic) bond motifs is 1. The van der Waals surface area contributed by atoms with E-state index in [1.165, 1.54) is 10.8 Å². The van der Waals surface area contributed by atoms with Crippen molar-refractivity contribution in [1.82, 2.24) is 0 Å². The molecule has 2 nitrogen and oxygen atoms in total. The summed E-state index contributed by atoms with van der Waals surface area (Å²) in [7, 11) is 0. The second-order valence-corrected chi connectivity index (χ2v) is 2.92. The molecule has 0 fully saturated rings. The van der Waals surface area contributed by atoms with Gasteiger partial charge in [-0.05, 0) is 10.8 Å². The fraction of sp³-hybridized carbons (Fsp3) is 0.167. The van der Waals surface area contributed by atoms with Gasteiger partial charge in [-0.1, -0.05) is 48.5 Å². The summed E-state index contributed by atoms with van der Waals surface area (Å²) in [5, 5.41) is 2.62. The molecular weight excluding hydrogens is 243 g/mol. The maximum atomic E-state index is 4.90. The Morgan fingerprint density at radius 2 is 0.875 bits per heavy atom. The number of halogens is 2. The lowest BCUT2D eigenvalue weighted by atomic mass is 10.1. The lowest BCUT2D eigenvalue weighted by Gasteiger charge is -1.92. The maximum Gasteiger partial charge on any atom is 0.00461 e. The van der Waals surface area contributed by atoms with Gasteiger partial charge >= 0.3 is 0 Å². The molecule has 90 valence electrons. The molecule has 0 saturated heterocycles. The second kappa shape index (κ2) is 10.7. The SMILES string of the molecule is Cl.Cl.NCCN.c1ccc2ccccc2c1. The number of benzene rings is 2. The third-order valence-corrected chi connectivity index (χ3v) is 1.83. The van der Waals surface area contributed by atoms with Gasteiger partial charge in [0.1, 0.15) is 0 Å². The molecule has 0 bridgehead atoms. The highest BCUT2D eigenvalue weighted by Gasteiger charge is 1.85. The Labute approximate surface area is 109 Å². The molecule has 0 radical (unpaired) electrons. The van der Waals surface area contributed by atoms with Crippen LogP contribution in [0.3, 0.4) is 0 Å². The lowest BCUT2D eigenvalue weighted by molar-refractivity contribution is 0.976. The van der Waals surface area contributed by atoms with E-state index in [1.807, 2.05) is 0 Å². The molecule has 2 rings (SSSR count). The van der Waals surface area contributed by atoms with E-state index in [2.05, 4.69) is 48.5 Å². The molecule has 0 saturated carbocycles. The van der Waals surface area contributed by atoms with Crippen LogP contribution in [0.5, 0.6) is 0 Å². The van der Waals surface area contributed by atoms with Crippen LogP contribution in [0.15, 0.2) is 48.5 Å². The van der Waals surface area contributed by atoms with Crippen LogP contribution < -0.4 is 11.5 Å². The molecule has 0 aliphatic heterocycles. The number of nitrogens with two attached hydrogens (primary N) is 2. The molecule has 0 heterocycles. The molecule has 2 aromatic rings. The molecule has 4 N–H and O–H groups in total. The van der Waals surface area contributed by atoms with Crippen molar-refractivity contribution in [2.75, 3.05) is 13.1 Å². The Morgan fingerprint density at radius 3 is 1.06 bits per heavy atom. The summed E-state index contributed by atoms with van der Waals surface area (Å²) in [5.41, 5.74) is 9.81. The molecule has 0 spiro atoms. The average molecular weight is 261 g/mol. The van der Waals surface area contributed by atoms with Gasteiger partial charge in [-0.15, -0.1) is 24.8 Å². The summed E-state index contributed by atoms with van der Waals surface area (Å²) in [5.74, 6) is 0. The first-order chi connectivity index (χ1) is 6.88. The van der Waals surface area contributed by atoms with Gasteiger partial charge in [0.05, 0.1) is 0 Å². The van der Waals surface area contributed by atoms with Crippen molar-refractivity contribution in [3.05, 3.63) is 48.5 Å². The summed E-state index contributed by atoms with van der Waals surface area (Å²) >= 11 is 0. The van der Waals surface area contributed by atoms with Crippen molar-refractivity contribution in [3.63, 3.8) is 0 Å². The first kappa shape index (κ1) is 17.6. The van der Waals surface area contributed by atoms with Crippen LogP contribution in [-0.4, -0.2) is 13.1 Å². The van der Waals surface area contributed by atoms with Crippen molar-refractivity contribution >= 4 is 35.6 Å². The first-order valence-corrected chi connectivity index (χ1v) is 4.72. The fourth-order valence-electron chi connectivity index (χ4n) is 1.13. The van der Waals surface area contributed by atoms with Gasteiger partial charge in [0.25, 0.3) is 0 Å². The summed E-state index contributed by atoms with van der Waals surface area (Å²) in [6, 6.07) is 16.7. The van der Waals surface area contributed by atoms with Crippen LogP contribution in [0.25, 0.3) is 10.8 Å². The van der Waals surface area contributed by atoms with Crippen LogP contribution in [0.2, 0.25) is 0 Å². The van der Waals surface area contributed by atoms with E-state index in [0.717, 1.165) is 0 Å². The molecule has 0 aliphatic rings. The second-order valence-electron chi connectivity index (χ2n) is 2.92. The van der Waals surface area contributed by atoms with Crippen molar-refractivity contribution in [2.45, 2.75) is 0 Å². The van der Waals surface area contributed by atoms with Crippen molar-refractivity contribution in [3.8, 4) is 0 Å². The average Bonchev–Trinajstić information content (AvgIpc) is 2.30. The molecule has 4 heteroatoms. The highest BCUT2D eigenvalue weighted by Crippen LogP contribution is 2.11. The van der Waals surface area contributed by atoms with Gasteiger partial charge in [0.15, 0.2) is 0 Å². The van der Waals surface area contributed by atoms with E-state index < -0.39 is 0 Å². The van der Waals surface area contributed by atoms with Gasteiger partial charge < -0.3 is 11.5 Å². The van der Waals surface area contributed by atoms with E-state index in [9.17, 15) is 0 Å². The molecule has 0 aliphatic carbocycles. The first-order valence-electron chi connectivity index (χ1n) is 4.72. The zero-order valence-corrected chi connectivity index (χ0v) is 10.6. The summed E-state index contributed by atoms with van der Waals surface area (Å²) < 4.78 is 0. The summed E-state index contributed by atoms with van der Waals surface area (Å²) in [4.78, 5) is 0. The van der Waals surface area contributed by atoms with Gasteiger partial charge in [0, 0.05) is 13.1 Å². The number of rotatable bonds is 1. The molecule has 0 amide bonds. The molecule has 0 unspecified atom stereocenters. The normalized spacial score (nSPS) is 8.12. The van der Waals surface area contributed by atoms with Crippen molar-refractivity contribution in [1.29, 1.82) is 0 Å². The Hall–Kier alpha value is -0.800. The van der Waals surface area contributed by atoms with Gasteiger partial charge in [-0.3, -0.25) is 0 Å². The minimum atomic E-state index is 0. The maximum absolute atomic E-state index is 4.90. The molecule has 0 atom stereocenters. The molecule has 16 heavy (non-hydrogen) atoms. The van der Waals surface area contributed by atoms with E-state index in [4.69, 9.17) is 11.5 Å². The molecule has 2 aromatic carbocycles. The third-order valence-electron chi connectivity index (χ3n) is 1.83. The Morgan fingerprint density at radius 1 is 0.625 bits per heavy atom. The number of hydrogen-bond donors (Lipinski definition) is 2. The van der Waals surface area contributed by atoms with Crippen LogP contribution in [0.4, 0.5) is 0 Å². The largest absolute Gasteiger partial charge is 0.329 e. The van der Waals surface area contributed by atoms with Crippen LogP contribution in [0, 0.1) is 0 Å². The zero-order chi connectivity index (χ0) is 10.2. The standard InChI is InChI=1S/C10H8.C2H8N2.2ClH/c1-2-6-10-8-4-3-7-9(10)5-1;3-1-2-4;;/h1-8H;1-4H2;2*1H. The summed E-state index contributed by atoms with van der Waals surface area (Å²) in [6.07, 6.45) is 0. The van der Waals surface area contributed by atoms with Crippen LogP contribution >= 0.6 is 24.8 Å². The predicted molar refractivity (Wildman–Crippen MR) is 76.6 cm³/mol. The predicted octanol–water partition coefficient (Wildman–Crippen LogP) is 2.59. The quantitative estimate of drug-likeness (QED) is 0.829. The van der Waals surface area contributed by atoms with Gasteiger partial charge in [-0.2, -0.15) is 0 Å². The van der Waals surface area contributed by atoms with Crippen molar-refractivity contribution < 1.29 is 0 Å². The molecular formula is C12H18Cl2N2. The smallest absolute Gasteiger partial charge is 0.00461 e. The summed E-state index contributed by atoms with van der Waals surface area (Å²) in [6.45, 7) is 1.19. The van der Waals surface area contributed by atoms with E-state index >= 15 is 0 Å². The highest BCUT2D eigenvalue weighted by molar-refractivity contribution is 5.85. The topological polar surface area (TPSA) is 52.0 Å². The minimum absolute atomic E-state index is 0. The zero-order valence-electron chi connectivity index (χ0n) is 9.00. The lowest BCUT2D eigenvalue weighted by Crippen LogP contribution is -2.11. The van der Waals surface area contributed by atoms with E-state index in [0.29, 0.717) is 13.1 Å². The monoisotopic (exact) mass is 260 g/mol. The number of hydrogen-bond acceptors (Lipinski definition) is 2. The van der Waals surface area contributed by atoms with Gasteiger partial charge in [-0.25, -0.2) is 0 Å². The van der Waals surface area contributed by atoms with E-state index in [-0.39, 0.29) is 24.8 Å². The van der Waals surface area contributed by atoms with Crippen molar-refractivity contribution in [2.24, 2.45) is 11.5 Å². The fourth-order valence-corrected chi connectivity index (χ4v) is 1.13. The van der Waals surface area contributed by atoms with Crippen LogP contribution in [-0.2, 0) is 0 Å². The van der Waals surface area contributed by atoms with E-state index in [1.54, 1.807) is 0 Å². The highest BCUT2D eigenvalue weighted by atomic mass is 35.5. The van der Waals surface area contributed by atoms with Gasteiger partial charge in [0.2, 0.25) is 0 Å². The Balaban J connectivity index is 0. The Kier molecular flexibility index (Phi) is 11.8. The minimum Gasteiger partial charge on any atom is -0.329 e.